The van der Waals surface area contributed by atoms with Gasteiger partial charge < -0.3 is 4.90 Å². The lowest BCUT2D eigenvalue weighted by Crippen LogP contribution is -2.53. The summed E-state index contributed by atoms with van der Waals surface area (Å²) in [6.45, 7) is 2.77. The van der Waals surface area contributed by atoms with Gasteiger partial charge >= 0.3 is 0 Å². The van der Waals surface area contributed by atoms with Gasteiger partial charge in [0.05, 0.1) is 16.7 Å². The topological polar surface area (TPSA) is 68.1 Å². The largest absolute Gasteiger partial charge is 0.333 e. The molecule has 26 heavy (non-hydrogen) atoms. The number of halogens is 1. The summed E-state index contributed by atoms with van der Waals surface area (Å²) in [6, 6.07) is 10.4. The van der Waals surface area contributed by atoms with Crippen LogP contribution in [0, 0.1) is 6.92 Å². The van der Waals surface area contributed by atoms with Crippen LogP contribution in [-0.4, -0.2) is 38.7 Å². The molecule has 1 aliphatic rings. The van der Waals surface area contributed by atoms with E-state index in [1.54, 1.807) is 28.5 Å². The molecule has 1 aliphatic heterocycles. The lowest BCUT2D eigenvalue weighted by Gasteiger charge is -2.38. The van der Waals surface area contributed by atoms with Crippen LogP contribution in [-0.2, 0) is 0 Å². The Morgan fingerprint density at radius 1 is 1.19 bits per heavy atom. The minimum atomic E-state index is -0.177. The molecule has 3 heterocycles. The molecule has 8 heteroatoms. The van der Waals surface area contributed by atoms with Gasteiger partial charge in [0, 0.05) is 35.1 Å². The summed E-state index contributed by atoms with van der Waals surface area (Å²) in [6.07, 6.45) is 0. The number of hydrogen-bond donors (Lipinski definition) is 0. The molecule has 0 saturated carbocycles. The number of thiazole rings is 1. The molecule has 4 rings (SSSR count). The van der Waals surface area contributed by atoms with Crippen LogP contribution in [0.3, 0.4) is 0 Å². The molecular formula is C18H15ClN4O2S. The summed E-state index contributed by atoms with van der Waals surface area (Å²) in [5, 5.41) is 7.74. The van der Waals surface area contributed by atoms with E-state index < -0.39 is 0 Å². The fourth-order valence-electron chi connectivity index (χ4n) is 2.86. The predicted molar refractivity (Wildman–Crippen MR) is 101 cm³/mol. The average Bonchev–Trinajstić information content (AvgIpc) is 3.02. The monoisotopic (exact) mass is 386 g/mol. The molecule has 1 aromatic carbocycles. The molecule has 0 radical (unpaired) electrons. The normalized spacial score (nSPS) is 14.3. The van der Waals surface area contributed by atoms with Crippen molar-refractivity contribution in [2.24, 2.45) is 0 Å². The highest BCUT2D eigenvalue weighted by atomic mass is 35.5. The first-order valence-electron chi connectivity index (χ1n) is 8.08. The Morgan fingerprint density at radius 2 is 1.92 bits per heavy atom. The summed E-state index contributed by atoms with van der Waals surface area (Å²) in [5.41, 5.74) is 1.86. The first kappa shape index (κ1) is 16.9. The van der Waals surface area contributed by atoms with Gasteiger partial charge in [0.15, 0.2) is 0 Å². The molecule has 0 atom stereocenters. The molecule has 0 bridgehead atoms. The molecule has 1 amide bonds. The summed E-state index contributed by atoms with van der Waals surface area (Å²) in [5.74, 6) is -0.104. The highest BCUT2D eigenvalue weighted by Gasteiger charge is 2.34. The average molecular weight is 387 g/mol. The highest BCUT2D eigenvalue weighted by Crippen LogP contribution is 2.24. The standard InChI is InChI=1S/C18H15ClN4O2S/c1-11-20-16(10-26-11)18(25)22-8-14(9-22)23-17(24)7-6-15(21-23)12-2-4-13(19)5-3-12/h2-7,10,14H,8-9H2,1H3. The number of benzene rings is 1. The molecule has 1 saturated heterocycles. The molecule has 0 N–H and O–H groups in total. The number of carbonyl (C=O) groups is 1. The first-order chi connectivity index (χ1) is 12.5. The van der Waals surface area contributed by atoms with Gasteiger partial charge in [-0.15, -0.1) is 11.3 Å². The molecule has 2 aromatic heterocycles. The Balaban J connectivity index is 1.52. The van der Waals surface area contributed by atoms with Crippen molar-refractivity contribution in [3.8, 4) is 11.3 Å². The molecule has 0 unspecified atom stereocenters. The van der Waals surface area contributed by atoms with Gasteiger partial charge in [0.2, 0.25) is 0 Å². The maximum atomic E-state index is 12.4. The smallest absolute Gasteiger partial charge is 0.273 e. The summed E-state index contributed by atoms with van der Waals surface area (Å²) < 4.78 is 1.46. The third kappa shape index (κ3) is 3.15. The van der Waals surface area contributed by atoms with Crippen molar-refractivity contribution >= 4 is 28.8 Å². The number of aryl methyl sites for hydroxylation is 1. The summed E-state index contributed by atoms with van der Waals surface area (Å²) in [4.78, 5) is 30.5. The maximum Gasteiger partial charge on any atom is 0.273 e. The molecule has 6 nitrogen and oxygen atoms in total. The van der Waals surface area contributed by atoms with Crippen molar-refractivity contribution in [1.29, 1.82) is 0 Å². The van der Waals surface area contributed by atoms with Crippen LogP contribution in [0.1, 0.15) is 21.5 Å². The van der Waals surface area contributed by atoms with Gasteiger partial charge in [-0.3, -0.25) is 9.59 Å². The van der Waals surface area contributed by atoms with Gasteiger partial charge in [-0.1, -0.05) is 23.7 Å². The van der Waals surface area contributed by atoms with E-state index in [1.165, 1.54) is 22.1 Å². The number of aromatic nitrogens is 3. The number of carbonyl (C=O) groups excluding carboxylic acids is 1. The highest BCUT2D eigenvalue weighted by molar-refractivity contribution is 7.09. The second kappa shape index (κ2) is 6.66. The van der Waals surface area contributed by atoms with Gasteiger partial charge in [-0.25, -0.2) is 9.67 Å². The van der Waals surface area contributed by atoms with Crippen LogP contribution in [0.25, 0.3) is 11.3 Å². The van der Waals surface area contributed by atoms with E-state index in [0.29, 0.717) is 29.5 Å². The van der Waals surface area contributed by atoms with Crippen LogP contribution in [0.5, 0.6) is 0 Å². The second-order valence-electron chi connectivity index (χ2n) is 6.12. The first-order valence-corrected chi connectivity index (χ1v) is 9.34. The zero-order chi connectivity index (χ0) is 18.3. The Hall–Kier alpha value is -2.51. The Bertz CT molecular complexity index is 1020. The van der Waals surface area contributed by atoms with Crippen LogP contribution in [0.15, 0.2) is 46.6 Å². The Morgan fingerprint density at radius 3 is 2.58 bits per heavy atom. The summed E-state index contributed by atoms with van der Waals surface area (Å²) >= 11 is 7.37. The van der Waals surface area contributed by atoms with E-state index in [4.69, 9.17) is 11.6 Å². The quantitative estimate of drug-likeness (QED) is 0.693. The zero-order valence-corrected chi connectivity index (χ0v) is 15.5. The molecular weight excluding hydrogens is 372 g/mol. The molecule has 3 aromatic rings. The van der Waals surface area contributed by atoms with E-state index in [1.807, 2.05) is 19.1 Å². The van der Waals surface area contributed by atoms with Crippen molar-refractivity contribution in [3.63, 3.8) is 0 Å². The molecule has 0 aliphatic carbocycles. The van der Waals surface area contributed by atoms with Crippen LogP contribution >= 0.6 is 22.9 Å². The lowest BCUT2D eigenvalue weighted by atomic mass is 10.1. The molecule has 132 valence electrons. The second-order valence-corrected chi connectivity index (χ2v) is 7.62. The van der Waals surface area contributed by atoms with Crippen molar-refractivity contribution in [1.82, 2.24) is 19.7 Å². The number of amides is 1. The third-order valence-corrected chi connectivity index (χ3v) is 5.32. The van der Waals surface area contributed by atoms with E-state index in [2.05, 4.69) is 10.1 Å². The molecule has 0 spiro atoms. The number of hydrogen-bond acceptors (Lipinski definition) is 5. The van der Waals surface area contributed by atoms with Crippen molar-refractivity contribution in [2.75, 3.05) is 13.1 Å². The van der Waals surface area contributed by atoms with Gasteiger partial charge in [0.1, 0.15) is 5.69 Å². The SMILES string of the molecule is Cc1nc(C(=O)N2CC(n3nc(-c4ccc(Cl)cc4)ccc3=O)C2)cs1. The van der Waals surface area contributed by atoms with Crippen LogP contribution in [0.4, 0.5) is 0 Å². The van der Waals surface area contributed by atoms with Crippen LogP contribution < -0.4 is 5.56 Å². The minimum absolute atomic E-state index is 0.104. The van der Waals surface area contributed by atoms with Crippen LogP contribution in [0.2, 0.25) is 5.02 Å². The lowest BCUT2D eigenvalue weighted by molar-refractivity contribution is 0.0488. The van der Waals surface area contributed by atoms with Gasteiger partial charge in [-0.05, 0) is 25.1 Å². The van der Waals surface area contributed by atoms with Crippen molar-refractivity contribution in [3.05, 3.63) is 67.9 Å². The molecule has 1 fully saturated rings. The van der Waals surface area contributed by atoms with Gasteiger partial charge in [-0.2, -0.15) is 5.10 Å². The number of likely N-dealkylation sites (tertiary alicyclic amines) is 1. The van der Waals surface area contributed by atoms with E-state index >= 15 is 0 Å². The third-order valence-electron chi connectivity index (χ3n) is 4.30. The van der Waals surface area contributed by atoms with E-state index in [9.17, 15) is 9.59 Å². The fourth-order valence-corrected chi connectivity index (χ4v) is 3.57. The van der Waals surface area contributed by atoms with Crippen molar-refractivity contribution in [2.45, 2.75) is 13.0 Å². The Kier molecular flexibility index (Phi) is 4.34. The maximum absolute atomic E-state index is 12.4. The number of nitrogens with zero attached hydrogens (tertiary/aromatic N) is 4. The van der Waals surface area contributed by atoms with Crippen molar-refractivity contribution < 1.29 is 4.79 Å². The minimum Gasteiger partial charge on any atom is -0.333 e. The fraction of sp³-hybridized carbons (Fsp3) is 0.222. The summed E-state index contributed by atoms with van der Waals surface area (Å²) in [7, 11) is 0. The van der Waals surface area contributed by atoms with E-state index in [-0.39, 0.29) is 17.5 Å². The Labute approximate surface area is 158 Å². The number of rotatable bonds is 3. The van der Waals surface area contributed by atoms with Gasteiger partial charge in [0.25, 0.3) is 11.5 Å². The predicted octanol–water partition coefficient (Wildman–Crippen LogP) is 3.03. The van der Waals surface area contributed by atoms with E-state index in [0.717, 1.165) is 10.6 Å². The zero-order valence-electron chi connectivity index (χ0n) is 13.9.